The molecule has 98 valence electrons. The van der Waals surface area contributed by atoms with Gasteiger partial charge < -0.3 is 4.90 Å². The molecule has 1 heterocycles. The molecule has 1 aliphatic rings. The van der Waals surface area contributed by atoms with E-state index < -0.39 is 0 Å². The summed E-state index contributed by atoms with van der Waals surface area (Å²) in [5.74, 6) is 0. The number of halogens is 1. The monoisotopic (exact) mass is 272 g/mol. The van der Waals surface area contributed by atoms with Crippen LogP contribution >= 0.6 is 11.6 Å². The van der Waals surface area contributed by atoms with Crippen molar-refractivity contribution in [3.05, 3.63) is 65.2 Å². The molecular formula is C16H17ClN2. The van der Waals surface area contributed by atoms with Gasteiger partial charge in [0.25, 0.3) is 0 Å². The molecule has 1 fully saturated rings. The van der Waals surface area contributed by atoms with E-state index in [0.717, 1.165) is 18.1 Å². The largest absolute Gasteiger partial charge is 0.350 e. The number of nitrogens with zero attached hydrogens (tertiary/aromatic N) is 2. The molecule has 2 aromatic carbocycles. The highest BCUT2D eigenvalue weighted by atomic mass is 35.5. The van der Waals surface area contributed by atoms with Crippen molar-refractivity contribution >= 4 is 17.3 Å². The molecule has 0 aliphatic carbocycles. The van der Waals surface area contributed by atoms with Crippen LogP contribution in [0.3, 0.4) is 0 Å². The lowest BCUT2D eigenvalue weighted by Gasteiger charge is -2.30. The van der Waals surface area contributed by atoms with Gasteiger partial charge in [-0.05, 0) is 36.9 Å². The zero-order valence-corrected chi connectivity index (χ0v) is 11.7. The number of likely N-dealkylation sites (N-methyl/N-ethyl adjacent to an activating group) is 1. The summed E-state index contributed by atoms with van der Waals surface area (Å²) < 4.78 is 0. The van der Waals surface area contributed by atoms with Crippen molar-refractivity contribution in [2.45, 2.75) is 6.17 Å². The molecule has 2 aromatic rings. The second-order valence-electron chi connectivity index (χ2n) is 4.93. The topological polar surface area (TPSA) is 6.48 Å². The second-order valence-corrected chi connectivity index (χ2v) is 5.37. The third-order valence-corrected chi connectivity index (χ3v) is 3.91. The molecule has 0 saturated carbocycles. The van der Waals surface area contributed by atoms with Crippen LogP contribution in [0.4, 0.5) is 5.69 Å². The van der Waals surface area contributed by atoms with E-state index in [9.17, 15) is 0 Å². The van der Waals surface area contributed by atoms with Crippen molar-refractivity contribution in [3.8, 4) is 0 Å². The molecule has 3 heteroatoms. The molecule has 0 N–H and O–H groups in total. The van der Waals surface area contributed by atoms with E-state index in [1.54, 1.807) is 0 Å². The van der Waals surface area contributed by atoms with Gasteiger partial charge in [-0.15, -0.1) is 0 Å². The van der Waals surface area contributed by atoms with Crippen molar-refractivity contribution in [2.24, 2.45) is 0 Å². The zero-order valence-electron chi connectivity index (χ0n) is 11.0. The fraction of sp³-hybridized carbons (Fsp3) is 0.250. The molecule has 0 radical (unpaired) electrons. The van der Waals surface area contributed by atoms with Gasteiger partial charge in [0.2, 0.25) is 0 Å². The lowest BCUT2D eigenvalue weighted by Crippen LogP contribution is -2.28. The zero-order chi connectivity index (χ0) is 13.2. The molecule has 0 amide bonds. The highest BCUT2D eigenvalue weighted by Gasteiger charge is 2.30. The molecule has 0 aromatic heterocycles. The van der Waals surface area contributed by atoms with Gasteiger partial charge in [-0.25, -0.2) is 0 Å². The molecule has 1 atom stereocenters. The maximum atomic E-state index is 5.97. The molecule has 0 bridgehead atoms. The number of rotatable bonds is 2. The normalized spacial score (nSPS) is 19.9. The SMILES string of the molecule is CN1CCN(c2ccc(Cl)cc2)C1c1ccccc1. The lowest BCUT2D eigenvalue weighted by molar-refractivity contribution is 0.318. The third-order valence-electron chi connectivity index (χ3n) is 3.66. The number of hydrogen-bond donors (Lipinski definition) is 0. The molecule has 19 heavy (non-hydrogen) atoms. The van der Waals surface area contributed by atoms with E-state index in [-0.39, 0.29) is 0 Å². The predicted octanol–water partition coefficient (Wildman–Crippen LogP) is 3.79. The quantitative estimate of drug-likeness (QED) is 0.821. The fourth-order valence-electron chi connectivity index (χ4n) is 2.71. The Morgan fingerprint density at radius 2 is 1.63 bits per heavy atom. The molecular weight excluding hydrogens is 256 g/mol. The first-order chi connectivity index (χ1) is 9.25. The minimum absolute atomic E-state index is 0.308. The van der Waals surface area contributed by atoms with Crippen LogP contribution in [0.1, 0.15) is 11.7 Å². The highest BCUT2D eigenvalue weighted by Crippen LogP contribution is 2.33. The van der Waals surface area contributed by atoms with Crippen LogP contribution in [-0.2, 0) is 0 Å². The van der Waals surface area contributed by atoms with Crippen LogP contribution in [0, 0.1) is 0 Å². The van der Waals surface area contributed by atoms with E-state index in [2.05, 4.69) is 59.3 Å². The van der Waals surface area contributed by atoms with Crippen molar-refractivity contribution in [1.82, 2.24) is 4.90 Å². The third kappa shape index (κ3) is 2.46. The second kappa shape index (κ2) is 5.24. The summed E-state index contributed by atoms with van der Waals surface area (Å²) in [4.78, 5) is 4.80. The van der Waals surface area contributed by atoms with Crippen molar-refractivity contribution < 1.29 is 0 Å². The Kier molecular flexibility index (Phi) is 3.45. The Hall–Kier alpha value is -1.51. The van der Waals surface area contributed by atoms with E-state index in [1.165, 1.54) is 11.3 Å². The van der Waals surface area contributed by atoms with Crippen LogP contribution in [0.15, 0.2) is 54.6 Å². The van der Waals surface area contributed by atoms with Gasteiger partial charge in [-0.3, -0.25) is 4.90 Å². The van der Waals surface area contributed by atoms with Crippen LogP contribution in [0.5, 0.6) is 0 Å². The maximum Gasteiger partial charge on any atom is 0.108 e. The van der Waals surface area contributed by atoms with Gasteiger partial charge in [0.05, 0.1) is 0 Å². The smallest absolute Gasteiger partial charge is 0.108 e. The summed E-state index contributed by atoms with van der Waals surface area (Å²) in [6.45, 7) is 2.11. The maximum absolute atomic E-state index is 5.97. The van der Waals surface area contributed by atoms with Crippen LogP contribution in [0.25, 0.3) is 0 Å². The summed E-state index contributed by atoms with van der Waals surface area (Å²) in [7, 11) is 2.17. The van der Waals surface area contributed by atoms with Crippen LogP contribution in [-0.4, -0.2) is 25.0 Å². The summed E-state index contributed by atoms with van der Waals surface area (Å²) >= 11 is 5.97. The minimum Gasteiger partial charge on any atom is -0.350 e. The van der Waals surface area contributed by atoms with Gasteiger partial charge in [0.1, 0.15) is 6.17 Å². The number of benzene rings is 2. The van der Waals surface area contributed by atoms with E-state index in [0.29, 0.717) is 6.17 Å². The van der Waals surface area contributed by atoms with Crippen LogP contribution < -0.4 is 4.90 Å². The Labute approximate surface area is 119 Å². The molecule has 1 aliphatic heterocycles. The predicted molar refractivity (Wildman–Crippen MR) is 80.6 cm³/mol. The number of anilines is 1. The van der Waals surface area contributed by atoms with E-state index >= 15 is 0 Å². The van der Waals surface area contributed by atoms with Gasteiger partial charge in [-0.2, -0.15) is 0 Å². The lowest BCUT2D eigenvalue weighted by atomic mass is 10.1. The molecule has 1 unspecified atom stereocenters. The molecule has 2 nitrogen and oxygen atoms in total. The average molecular weight is 273 g/mol. The van der Waals surface area contributed by atoms with Crippen molar-refractivity contribution in [2.75, 3.05) is 25.0 Å². The molecule has 3 rings (SSSR count). The first-order valence-corrected chi connectivity index (χ1v) is 6.91. The van der Waals surface area contributed by atoms with Gasteiger partial charge in [-0.1, -0.05) is 41.9 Å². The average Bonchev–Trinajstić information content (AvgIpc) is 2.82. The fourth-order valence-corrected chi connectivity index (χ4v) is 2.84. The Bertz CT molecular complexity index is 538. The van der Waals surface area contributed by atoms with Crippen LogP contribution in [0.2, 0.25) is 5.02 Å². The first-order valence-electron chi connectivity index (χ1n) is 6.53. The minimum atomic E-state index is 0.308. The highest BCUT2D eigenvalue weighted by molar-refractivity contribution is 6.30. The Morgan fingerprint density at radius 1 is 0.947 bits per heavy atom. The van der Waals surface area contributed by atoms with Crippen molar-refractivity contribution in [3.63, 3.8) is 0 Å². The Morgan fingerprint density at radius 3 is 2.32 bits per heavy atom. The summed E-state index contributed by atoms with van der Waals surface area (Å²) in [5, 5.41) is 0.785. The summed E-state index contributed by atoms with van der Waals surface area (Å²) in [6.07, 6.45) is 0.308. The standard InChI is InChI=1S/C16H17ClN2/c1-18-11-12-19(15-9-7-14(17)8-10-15)16(18)13-5-3-2-4-6-13/h2-10,16H,11-12H2,1H3. The molecule has 0 spiro atoms. The van der Waals surface area contributed by atoms with Gasteiger partial charge >= 0.3 is 0 Å². The Balaban J connectivity index is 1.94. The number of hydrogen-bond acceptors (Lipinski definition) is 2. The van der Waals surface area contributed by atoms with Gasteiger partial charge in [0, 0.05) is 23.8 Å². The van der Waals surface area contributed by atoms with Crippen molar-refractivity contribution in [1.29, 1.82) is 0 Å². The van der Waals surface area contributed by atoms with E-state index in [1.807, 2.05) is 12.1 Å². The van der Waals surface area contributed by atoms with E-state index in [4.69, 9.17) is 11.6 Å². The summed E-state index contributed by atoms with van der Waals surface area (Å²) in [6, 6.07) is 18.7. The first kappa shape index (κ1) is 12.5. The van der Waals surface area contributed by atoms with Gasteiger partial charge in [0.15, 0.2) is 0 Å². The summed E-state index contributed by atoms with van der Waals surface area (Å²) in [5.41, 5.74) is 2.56. The molecule has 1 saturated heterocycles.